The smallest absolute Gasteiger partial charge is 0.220 e. The van der Waals surface area contributed by atoms with Crippen LogP contribution in [0.2, 0.25) is 0 Å². The summed E-state index contributed by atoms with van der Waals surface area (Å²) in [7, 11) is 2.11. The average Bonchev–Trinajstić information content (AvgIpc) is 2.59. The Morgan fingerprint density at radius 3 is 2.52 bits per heavy atom. The minimum absolute atomic E-state index is 0. The van der Waals surface area contributed by atoms with Gasteiger partial charge in [-0.3, -0.25) is 9.69 Å². The summed E-state index contributed by atoms with van der Waals surface area (Å²) in [6.45, 7) is 6.00. The Balaban J connectivity index is 0.00000288. The number of piperidine rings is 1. The number of rotatable bonds is 8. The molecule has 1 aromatic carbocycles. The van der Waals surface area contributed by atoms with Crippen LogP contribution in [0.25, 0.3) is 0 Å². The van der Waals surface area contributed by atoms with Crippen LogP contribution in [0.5, 0.6) is 0 Å². The molecule has 144 valence electrons. The van der Waals surface area contributed by atoms with E-state index in [1.807, 2.05) is 6.07 Å². The highest BCUT2D eigenvalue weighted by Crippen LogP contribution is 2.17. The zero-order valence-electron chi connectivity index (χ0n) is 15.4. The fourth-order valence-corrected chi connectivity index (χ4v) is 3.04. The van der Waals surface area contributed by atoms with E-state index in [4.69, 9.17) is 0 Å². The molecule has 6 heteroatoms. The van der Waals surface area contributed by atoms with Crippen molar-refractivity contribution < 1.29 is 4.79 Å². The Kier molecular flexibility index (Phi) is 13.0. The fourth-order valence-electron chi connectivity index (χ4n) is 3.04. The van der Waals surface area contributed by atoms with Crippen molar-refractivity contribution in [2.45, 2.75) is 45.2 Å². The van der Waals surface area contributed by atoms with E-state index in [1.165, 1.54) is 18.4 Å². The molecular formula is C19H33Cl2N3O. The van der Waals surface area contributed by atoms with Crippen LogP contribution in [-0.4, -0.2) is 43.5 Å². The Labute approximate surface area is 164 Å². The number of nitrogens with zero attached hydrogens (tertiary/aromatic N) is 1. The molecule has 2 N–H and O–H groups in total. The zero-order valence-corrected chi connectivity index (χ0v) is 17.0. The average molecular weight is 390 g/mol. The topological polar surface area (TPSA) is 44.4 Å². The molecule has 1 fully saturated rings. The van der Waals surface area contributed by atoms with Crippen molar-refractivity contribution in [1.82, 2.24) is 15.5 Å². The lowest BCUT2D eigenvalue weighted by Gasteiger charge is -2.25. The predicted molar refractivity (Wildman–Crippen MR) is 110 cm³/mol. The molecule has 1 saturated heterocycles. The van der Waals surface area contributed by atoms with Gasteiger partial charge in [-0.2, -0.15) is 0 Å². The Morgan fingerprint density at radius 1 is 1.24 bits per heavy atom. The van der Waals surface area contributed by atoms with Crippen LogP contribution >= 0.6 is 24.8 Å². The van der Waals surface area contributed by atoms with E-state index in [0.29, 0.717) is 19.0 Å². The molecule has 0 aliphatic carbocycles. The third-order valence-electron chi connectivity index (χ3n) is 4.86. The summed E-state index contributed by atoms with van der Waals surface area (Å²) in [5.41, 5.74) is 1.30. The van der Waals surface area contributed by atoms with Crippen molar-refractivity contribution in [2.75, 3.05) is 26.7 Å². The molecular weight excluding hydrogens is 357 g/mol. The van der Waals surface area contributed by atoms with E-state index < -0.39 is 0 Å². The lowest BCUT2D eigenvalue weighted by Crippen LogP contribution is -2.40. The lowest BCUT2D eigenvalue weighted by molar-refractivity contribution is -0.121. The van der Waals surface area contributed by atoms with Gasteiger partial charge in [-0.25, -0.2) is 0 Å². The second-order valence-electron chi connectivity index (χ2n) is 6.79. The first-order valence-electron chi connectivity index (χ1n) is 8.86. The normalized spacial score (nSPS) is 15.8. The van der Waals surface area contributed by atoms with E-state index in [0.717, 1.165) is 32.0 Å². The molecule has 1 aliphatic rings. The van der Waals surface area contributed by atoms with Crippen molar-refractivity contribution in [3.8, 4) is 0 Å². The molecule has 1 unspecified atom stereocenters. The number of carbonyl (C=O) groups is 1. The first kappa shape index (κ1) is 24.2. The fraction of sp³-hybridized carbons (Fsp3) is 0.632. The van der Waals surface area contributed by atoms with Gasteiger partial charge < -0.3 is 10.6 Å². The number of carbonyl (C=O) groups excluding carboxylic acids is 1. The summed E-state index contributed by atoms with van der Waals surface area (Å²) >= 11 is 0. The number of halogens is 2. The molecule has 0 aromatic heterocycles. The molecule has 1 heterocycles. The number of amides is 1. The van der Waals surface area contributed by atoms with Crippen LogP contribution in [0.3, 0.4) is 0 Å². The minimum atomic E-state index is 0. The van der Waals surface area contributed by atoms with Gasteiger partial charge in [0.25, 0.3) is 0 Å². The molecule has 0 spiro atoms. The highest BCUT2D eigenvalue weighted by atomic mass is 35.5. The summed E-state index contributed by atoms with van der Waals surface area (Å²) < 4.78 is 0. The maximum absolute atomic E-state index is 12.0. The van der Waals surface area contributed by atoms with Crippen LogP contribution in [-0.2, 0) is 11.3 Å². The summed E-state index contributed by atoms with van der Waals surface area (Å²) in [6.07, 6.45) is 4.12. The molecule has 0 radical (unpaired) electrons. The van der Waals surface area contributed by atoms with Crippen LogP contribution in [0.4, 0.5) is 0 Å². The molecule has 2 rings (SSSR count). The van der Waals surface area contributed by atoms with Crippen molar-refractivity contribution in [1.29, 1.82) is 0 Å². The molecule has 1 aliphatic heterocycles. The van der Waals surface area contributed by atoms with Gasteiger partial charge in [0.15, 0.2) is 0 Å². The second-order valence-corrected chi connectivity index (χ2v) is 6.79. The SMILES string of the molecule is CC(CNC(=O)CCC1CCNCC1)N(C)Cc1ccccc1.Cl.Cl. The molecule has 4 nitrogen and oxygen atoms in total. The first-order valence-corrected chi connectivity index (χ1v) is 8.86. The van der Waals surface area contributed by atoms with Crippen molar-refractivity contribution in [3.05, 3.63) is 35.9 Å². The largest absolute Gasteiger partial charge is 0.355 e. The first-order chi connectivity index (χ1) is 11.1. The lowest BCUT2D eigenvalue weighted by atomic mass is 9.93. The van der Waals surface area contributed by atoms with Crippen molar-refractivity contribution in [2.24, 2.45) is 5.92 Å². The van der Waals surface area contributed by atoms with Gasteiger partial charge in [-0.05, 0) is 57.8 Å². The maximum Gasteiger partial charge on any atom is 0.220 e. The van der Waals surface area contributed by atoms with E-state index in [-0.39, 0.29) is 30.7 Å². The van der Waals surface area contributed by atoms with Crippen LogP contribution < -0.4 is 10.6 Å². The van der Waals surface area contributed by atoms with Crippen LogP contribution in [0, 0.1) is 5.92 Å². The molecule has 0 saturated carbocycles. The molecule has 1 amide bonds. The standard InChI is InChI=1S/C19H31N3O.2ClH/c1-16(22(2)15-18-6-4-3-5-7-18)14-21-19(23)9-8-17-10-12-20-13-11-17;;/h3-7,16-17,20H,8-15H2,1-2H3,(H,21,23);2*1H. The van der Waals surface area contributed by atoms with E-state index in [9.17, 15) is 4.79 Å². The summed E-state index contributed by atoms with van der Waals surface area (Å²) in [4.78, 5) is 14.3. The van der Waals surface area contributed by atoms with Gasteiger partial charge >= 0.3 is 0 Å². The third kappa shape index (κ3) is 9.45. The van der Waals surface area contributed by atoms with Gasteiger partial charge in [0.1, 0.15) is 0 Å². The van der Waals surface area contributed by atoms with E-state index in [1.54, 1.807) is 0 Å². The number of likely N-dealkylation sites (N-methyl/N-ethyl adjacent to an activating group) is 1. The zero-order chi connectivity index (χ0) is 16.5. The highest BCUT2D eigenvalue weighted by Gasteiger charge is 2.15. The Bertz CT molecular complexity index is 467. The van der Waals surface area contributed by atoms with Gasteiger partial charge in [0.2, 0.25) is 5.91 Å². The van der Waals surface area contributed by atoms with Gasteiger partial charge in [0, 0.05) is 25.6 Å². The summed E-state index contributed by atoms with van der Waals surface area (Å²) in [5.74, 6) is 0.920. The Morgan fingerprint density at radius 2 is 1.88 bits per heavy atom. The summed E-state index contributed by atoms with van der Waals surface area (Å²) in [5, 5.41) is 6.46. The third-order valence-corrected chi connectivity index (χ3v) is 4.86. The minimum Gasteiger partial charge on any atom is -0.355 e. The Hall–Kier alpha value is -0.810. The van der Waals surface area contributed by atoms with E-state index in [2.05, 4.69) is 53.8 Å². The van der Waals surface area contributed by atoms with Crippen molar-refractivity contribution in [3.63, 3.8) is 0 Å². The summed E-state index contributed by atoms with van der Waals surface area (Å²) in [6, 6.07) is 10.8. The maximum atomic E-state index is 12.0. The van der Waals surface area contributed by atoms with E-state index >= 15 is 0 Å². The second kappa shape index (κ2) is 13.4. The molecule has 1 atom stereocenters. The monoisotopic (exact) mass is 389 g/mol. The van der Waals surface area contributed by atoms with Crippen LogP contribution in [0.15, 0.2) is 30.3 Å². The molecule has 0 bridgehead atoms. The van der Waals surface area contributed by atoms with Gasteiger partial charge in [0.05, 0.1) is 0 Å². The molecule has 25 heavy (non-hydrogen) atoms. The van der Waals surface area contributed by atoms with Crippen LogP contribution in [0.1, 0.15) is 38.2 Å². The van der Waals surface area contributed by atoms with Gasteiger partial charge in [-0.1, -0.05) is 30.3 Å². The number of hydrogen-bond acceptors (Lipinski definition) is 3. The number of benzene rings is 1. The quantitative estimate of drug-likeness (QED) is 0.716. The molecule has 1 aromatic rings. The number of hydrogen-bond donors (Lipinski definition) is 2. The van der Waals surface area contributed by atoms with Gasteiger partial charge in [-0.15, -0.1) is 24.8 Å². The van der Waals surface area contributed by atoms with Crippen molar-refractivity contribution >= 4 is 30.7 Å². The predicted octanol–water partition coefficient (Wildman–Crippen LogP) is 3.25. The highest BCUT2D eigenvalue weighted by molar-refractivity contribution is 5.85. The number of nitrogens with one attached hydrogen (secondary N) is 2.